The van der Waals surface area contributed by atoms with Crippen LogP contribution in [-0.2, 0) is 6.54 Å². The van der Waals surface area contributed by atoms with Gasteiger partial charge in [-0.15, -0.1) is 0 Å². The number of hydrogen-bond acceptors (Lipinski definition) is 5. The number of hydrogen-bond donors (Lipinski definition) is 1. The fourth-order valence-corrected chi connectivity index (χ4v) is 2.60. The number of benzene rings is 2. The third-order valence-electron chi connectivity index (χ3n) is 4.01. The quantitative estimate of drug-likeness (QED) is 0.508. The van der Waals surface area contributed by atoms with Crippen LogP contribution in [0.1, 0.15) is 22.3 Å². The van der Waals surface area contributed by atoms with Crippen molar-refractivity contribution in [3.63, 3.8) is 0 Å². The van der Waals surface area contributed by atoms with Crippen LogP contribution in [0.2, 0.25) is 0 Å². The summed E-state index contributed by atoms with van der Waals surface area (Å²) >= 11 is 0. The van der Waals surface area contributed by atoms with Crippen LogP contribution in [-0.4, -0.2) is 29.0 Å². The number of ether oxygens (including phenoxy) is 1. The Bertz CT molecular complexity index is 1000. The first-order valence-corrected chi connectivity index (χ1v) is 8.68. The van der Waals surface area contributed by atoms with Crippen molar-refractivity contribution in [1.29, 1.82) is 5.26 Å². The molecule has 140 valence electrons. The zero-order valence-electron chi connectivity index (χ0n) is 15.4. The minimum atomic E-state index is -0.292. The Kier molecular flexibility index (Phi) is 6.16. The summed E-state index contributed by atoms with van der Waals surface area (Å²) < 4.78 is 6.89. The van der Waals surface area contributed by atoms with E-state index in [1.54, 1.807) is 48.5 Å². The van der Waals surface area contributed by atoms with Crippen molar-refractivity contribution >= 4 is 12.1 Å². The molecule has 1 N–H and O–H groups in total. The Morgan fingerprint density at radius 2 is 2.00 bits per heavy atom. The minimum Gasteiger partial charge on any atom is -0.497 e. The number of carbonyl (C=O) groups is 1. The molecule has 0 saturated heterocycles. The summed E-state index contributed by atoms with van der Waals surface area (Å²) in [5.41, 5.74) is 5.37. The van der Waals surface area contributed by atoms with Gasteiger partial charge in [0.15, 0.2) is 0 Å². The number of aryl methyl sites for hydroxylation is 1. The number of nitriles is 1. The molecule has 1 heterocycles. The topological polar surface area (TPSA) is 92.3 Å². The molecule has 0 bridgehead atoms. The Hall–Kier alpha value is -3.92. The van der Waals surface area contributed by atoms with Crippen molar-refractivity contribution in [3.05, 3.63) is 71.9 Å². The number of hydrazone groups is 1. The third kappa shape index (κ3) is 4.62. The van der Waals surface area contributed by atoms with Crippen molar-refractivity contribution in [3.8, 4) is 23.1 Å². The molecule has 0 saturated carbocycles. The number of methoxy groups -OCH3 is 1. The summed E-state index contributed by atoms with van der Waals surface area (Å²) in [5, 5.41) is 17.4. The molecule has 0 radical (unpaired) electrons. The Balaban J connectivity index is 1.82. The lowest BCUT2D eigenvalue weighted by atomic mass is 10.1. The lowest BCUT2D eigenvalue weighted by molar-refractivity contribution is 0.0955. The molecule has 3 rings (SSSR count). The highest BCUT2D eigenvalue weighted by Gasteiger charge is 2.11. The van der Waals surface area contributed by atoms with Crippen LogP contribution >= 0.6 is 0 Å². The maximum atomic E-state index is 12.1. The van der Waals surface area contributed by atoms with Crippen molar-refractivity contribution in [2.45, 2.75) is 13.0 Å². The standard InChI is InChI=1S/C21H19N5O2/c1-28-19-10-8-16(9-11-19)20-18(15-26(25-20)13-5-12-22)14-23-24-21(27)17-6-3-2-4-7-17/h2-4,6-11,14-15H,5,13H2,1H3,(H,24,27). The molecule has 28 heavy (non-hydrogen) atoms. The first-order valence-electron chi connectivity index (χ1n) is 8.68. The highest BCUT2D eigenvalue weighted by molar-refractivity contribution is 5.95. The zero-order valence-corrected chi connectivity index (χ0v) is 15.4. The van der Waals surface area contributed by atoms with Gasteiger partial charge in [0.25, 0.3) is 5.91 Å². The van der Waals surface area contributed by atoms with E-state index in [0.29, 0.717) is 24.2 Å². The average molecular weight is 373 g/mol. The van der Waals surface area contributed by atoms with Gasteiger partial charge in [-0.3, -0.25) is 9.48 Å². The van der Waals surface area contributed by atoms with E-state index in [0.717, 1.165) is 16.9 Å². The molecule has 0 aliphatic carbocycles. The molecular formula is C21H19N5O2. The molecule has 0 fully saturated rings. The van der Waals surface area contributed by atoms with E-state index in [9.17, 15) is 4.79 Å². The average Bonchev–Trinajstić information content (AvgIpc) is 3.15. The van der Waals surface area contributed by atoms with Crippen LogP contribution in [0.15, 0.2) is 65.9 Å². The van der Waals surface area contributed by atoms with Gasteiger partial charge in [-0.1, -0.05) is 18.2 Å². The minimum absolute atomic E-state index is 0.292. The van der Waals surface area contributed by atoms with Gasteiger partial charge >= 0.3 is 0 Å². The number of amides is 1. The summed E-state index contributed by atoms with van der Waals surface area (Å²) in [4.78, 5) is 12.1. The largest absolute Gasteiger partial charge is 0.497 e. The van der Waals surface area contributed by atoms with Gasteiger partial charge in [-0.2, -0.15) is 15.5 Å². The highest BCUT2D eigenvalue weighted by atomic mass is 16.5. The Labute approximate surface area is 162 Å². The third-order valence-corrected chi connectivity index (χ3v) is 4.01. The number of carbonyl (C=O) groups excluding carboxylic acids is 1. The molecule has 1 aromatic heterocycles. The van der Waals surface area contributed by atoms with E-state index in [-0.39, 0.29) is 5.91 Å². The molecular weight excluding hydrogens is 354 g/mol. The van der Waals surface area contributed by atoms with E-state index in [1.165, 1.54) is 0 Å². The van der Waals surface area contributed by atoms with Crippen molar-refractivity contribution < 1.29 is 9.53 Å². The molecule has 0 atom stereocenters. The molecule has 7 heteroatoms. The van der Waals surface area contributed by atoms with E-state index < -0.39 is 0 Å². The summed E-state index contributed by atoms with van der Waals surface area (Å²) in [6.07, 6.45) is 3.70. The van der Waals surface area contributed by atoms with Gasteiger partial charge in [-0.05, 0) is 36.4 Å². The molecule has 0 unspecified atom stereocenters. The molecule has 0 aliphatic heterocycles. The smallest absolute Gasteiger partial charge is 0.271 e. The van der Waals surface area contributed by atoms with Crippen LogP contribution in [0.5, 0.6) is 5.75 Å². The van der Waals surface area contributed by atoms with Crippen molar-refractivity contribution in [2.24, 2.45) is 5.10 Å². The predicted molar refractivity (Wildman–Crippen MR) is 106 cm³/mol. The second-order valence-corrected chi connectivity index (χ2v) is 5.90. The van der Waals surface area contributed by atoms with Gasteiger partial charge < -0.3 is 4.74 Å². The molecule has 2 aromatic carbocycles. The Morgan fingerprint density at radius 3 is 2.68 bits per heavy atom. The maximum Gasteiger partial charge on any atom is 0.271 e. The van der Waals surface area contributed by atoms with E-state index >= 15 is 0 Å². The predicted octanol–water partition coefficient (Wildman–Crippen LogP) is 3.24. The van der Waals surface area contributed by atoms with Crippen LogP contribution in [0.25, 0.3) is 11.3 Å². The molecule has 7 nitrogen and oxygen atoms in total. The normalized spacial score (nSPS) is 10.6. The van der Waals surface area contributed by atoms with Gasteiger partial charge in [0.1, 0.15) is 11.4 Å². The van der Waals surface area contributed by atoms with Crippen molar-refractivity contribution in [2.75, 3.05) is 7.11 Å². The molecule has 0 spiro atoms. The SMILES string of the molecule is COc1ccc(-c2nn(CCC#N)cc2C=NNC(=O)c2ccccc2)cc1. The van der Waals surface area contributed by atoms with Crippen LogP contribution in [0, 0.1) is 11.3 Å². The van der Waals surface area contributed by atoms with Gasteiger partial charge in [0, 0.05) is 22.9 Å². The van der Waals surface area contributed by atoms with Gasteiger partial charge in [0.2, 0.25) is 0 Å². The Morgan fingerprint density at radius 1 is 1.25 bits per heavy atom. The van der Waals surface area contributed by atoms with Gasteiger partial charge in [-0.25, -0.2) is 5.43 Å². The first-order chi connectivity index (χ1) is 13.7. The summed E-state index contributed by atoms with van der Waals surface area (Å²) in [5.74, 6) is 0.456. The van der Waals surface area contributed by atoms with Crippen LogP contribution < -0.4 is 10.2 Å². The second kappa shape index (κ2) is 9.14. The van der Waals surface area contributed by atoms with Crippen LogP contribution in [0.3, 0.4) is 0 Å². The number of rotatable bonds is 7. The number of nitrogens with one attached hydrogen (secondary N) is 1. The molecule has 1 amide bonds. The van der Waals surface area contributed by atoms with Gasteiger partial charge in [0.05, 0.1) is 32.4 Å². The second-order valence-electron chi connectivity index (χ2n) is 5.90. The zero-order chi connectivity index (χ0) is 19.8. The monoisotopic (exact) mass is 373 g/mol. The number of nitrogens with zero attached hydrogens (tertiary/aromatic N) is 4. The fourth-order valence-electron chi connectivity index (χ4n) is 2.60. The summed E-state index contributed by atoms with van der Waals surface area (Å²) in [7, 11) is 1.61. The lowest BCUT2D eigenvalue weighted by Gasteiger charge is -2.02. The maximum absolute atomic E-state index is 12.1. The summed E-state index contributed by atoms with van der Waals surface area (Å²) in [6, 6.07) is 18.5. The fraction of sp³-hybridized carbons (Fsp3) is 0.143. The van der Waals surface area contributed by atoms with E-state index in [2.05, 4.69) is 21.7 Å². The molecule has 0 aliphatic rings. The van der Waals surface area contributed by atoms with Crippen molar-refractivity contribution in [1.82, 2.24) is 15.2 Å². The lowest BCUT2D eigenvalue weighted by Crippen LogP contribution is -2.17. The first kappa shape index (κ1) is 18.9. The molecule has 3 aromatic rings. The highest BCUT2D eigenvalue weighted by Crippen LogP contribution is 2.23. The van der Waals surface area contributed by atoms with E-state index in [1.807, 2.05) is 30.3 Å². The van der Waals surface area contributed by atoms with E-state index in [4.69, 9.17) is 10.00 Å². The summed E-state index contributed by atoms with van der Waals surface area (Å²) in [6.45, 7) is 0.476. The van der Waals surface area contributed by atoms with Crippen LogP contribution in [0.4, 0.5) is 0 Å². The number of aromatic nitrogens is 2.